The summed E-state index contributed by atoms with van der Waals surface area (Å²) >= 11 is 0. The average Bonchev–Trinajstić information content (AvgIpc) is 3.56. The molecule has 0 bridgehead atoms. The summed E-state index contributed by atoms with van der Waals surface area (Å²) in [6, 6.07) is 18.5. The zero-order chi connectivity index (χ0) is 27.1. The zero-order valence-electron chi connectivity index (χ0n) is 21.9. The van der Waals surface area contributed by atoms with Crippen molar-refractivity contribution in [2.24, 2.45) is 0 Å². The third kappa shape index (κ3) is 4.17. The minimum Gasteiger partial charge on any atom is -0.344 e. The number of pyridine rings is 1. The molecule has 4 aromatic heterocycles. The number of aryl methyl sites for hydroxylation is 2. The van der Waals surface area contributed by atoms with Crippen LogP contribution in [0.5, 0.6) is 0 Å². The van der Waals surface area contributed by atoms with E-state index >= 15 is 0 Å². The fourth-order valence-electron chi connectivity index (χ4n) is 5.07. The van der Waals surface area contributed by atoms with Gasteiger partial charge in [0.1, 0.15) is 5.56 Å². The number of aromatic nitrogens is 6. The van der Waals surface area contributed by atoms with E-state index in [9.17, 15) is 9.59 Å². The summed E-state index contributed by atoms with van der Waals surface area (Å²) in [5.41, 5.74) is 4.38. The number of carbonyl (C=O) groups excluding carboxylic acids is 1. The molecule has 0 aliphatic rings. The zero-order valence-corrected chi connectivity index (χ0v) is 21.9. The molecule has 0 aliphatic carbocycles. The Kier molecular flexibility index (Phi) is 6.03. The van der Waals surface area contributed by atoms with Gasteiger partial charge >= 0.3 is 0 Å². The molecule has 6 aromatic rings. The van der Waals surface area contributed by atoms with Crippen LogP contribution < -0.4 is 10.9 Å². The summed E-state index contributed by atoms with van der Waals surface area (Å²) in [6.07, 6.45) is 7.13. The molecule has 194 valence electrons. The molecular formula is C30H27N7O2. The molecule has 1 atom stereocenters. The maximum atomic E-state index is 14.3. The smallest absolute Gasteiger partial charge is 0.263 e. The third-order valence-corrected chi connectivity index (χ3v) is 6.95. The maximum Gasteiger partial charge on any atom is 0.263 e. The van der Waals surface area contributed by atoms with Gasteiger partial charge in [-0.15, -0.1) is 0 Å². The van der Waals surface area contributed by atoms with Gasteiger partial charge in [-0.1, -0.05) is 36.4 Å². The van der Waals surface area contributed by atoms with Crippen molar-refractivity contribution in [3.63, 3.8) is 0 Å². The number of nitrogens with one attached hydrogen (secondary N) is 1. The molecule has 4 heterocycles. The van der Waals surface area contributed by atoms with E-state index in [1.165, 1.54) is 0 Å². The number of fused-ring (bicyclic) bond motifs is 2. The van der Waals surface area contributed by atoms with Crippen molar-refractivity contribution in [2.45, 2.75) is 33.4 Å². The van der Waals surface area contributed by atoms with Gasteiger partial charge in [0.25, 0.3) is 11.5 Å². The van der Waals surface area contributed by atoms with Gasteiger partial charge in [-0.25, -0.2) is 9.50 Å². The van der Waals surface area contributed by atoms with Crippen LogP contribution in [0, 0.1) is 6.92 Å². The standard InChI is InChI=1S/C30H27N7O2/c1-4-35-18-22(17-32-35)24-13-8-10-21-16-25(37(30(39)27(21)24)23-11-6-5-7-12-23)19(2)33-29(38)26-20(3)34-36-15-9-14-31-28(26)36/h5-19H,4H2,1-3H3,(H,33,38)/t19-/m0/s1. The van der Waals surface area contributed by atoms with Crippen LogP contribution in [-0.2, 0) is 6.54 Å². The summed E-state index contributed by atoms with van der Waals surface area (Å²) in [5.74, 6) is -0.304. The first-order valence-corrected chi connectivity index (χ1v) is 12.8. The van der Waals surface area contributed by atoms with Crippen LogP contribution in [0.25, 0.3) is 33.2 Å². The number of nitrogens with zero attached hydrogens (tertiary/aromatic N) is 6. The van der Waals surface area contributed by atoms with Crippen molar-refractivity contribution in [3.05, 3.63) is 113 Å². The Balaban J connectivity index is 1.50. The molecule has 9 nitrogen and oxygen atoms in total. The highest BCUT2D eigenvalue weighted by Crippen LogP contribution is 2.29. The van der Waals surface area contributed by atoms with E-state index in [2.05, 4.69) is 20.5 Å². The Hall–Kier alpha value is -5.05. The molecule has 6 rings (SSSR count). The predicted molar refractivity (Wildman–Crippen MR) is 150 cm³/mol. The van der Waals surface area contributed by atoms with Gasteiger partial charge in [0.2, 0.25) is 0 Å². The Labute approximate surface area is 224 Å². The van der Waals surface area contributed by atoms with Crippen LogP contribution in [0.4, 0.5) is 0 Å². The van der Waals surface area contributed by atoms with Crippen molar-refractivity contribution in [2.75, 3.05) is 0 Å². The van der Waals surface area contributed by atoms with E-state index in [0.717, 1.165) is 23.1 Å². The van der Waals surface area contributed by atoms with E-state index < -0.39 is 6.04 Å². The van der Waals surface area contributed by atoms with Crippen LogP contribution in [0.1, 0.15) is 41.6 Å². The van der Waals surface area contributed by atoms with Crippen molar-refractivity contribution in [1.29, 1.82) is 0 Å². The molecule has 9 heteroatoms. The molecular weight excluding hydrogens is 490 g/mol. The number of rotatable bonds is 6. The lowest BCUT2D eigenvalue weighted by molar-refractivity contribution is 0.0939. The van der Waals surface area contributed by atoms with E-state index in [1.807, 2.05) is 79.3 Å². The molecule has 0 radical (unpaired) electrons. The van der Waals surface area contributed by atoms with Crippen molar-refractivity contribution in [1.82, 2.24) is 34.3 Å². The van der Waals surface area contributed by atoms with Crippen LogP contribution >= 0.6 is 0 Å². The number of benzene rings is 2. The molecule has 2 aromatic carbocycles. The second-order valence-corrected chi connectivity index (χ2v) is 9.44. The molecule has 1 N–H and O–H groups in total. The summed E-state index contributed by atoms with van der Waals surface area (Å²) in [4.78, 5) is 32.1. The predicted octanol–water partition coefficient (Wildman–Crippen LogP) is 4.72. The topological polar surface area (TPSA) is 99.1 Å². The van der Waals surface area contributed by atoms with Gasteiger partial charge in [0, 0.05) is 42.1 Å². The lowest BCUT2D eigenvalue weighted by Gasteiger charge is -2.21. The largest absolute Gasteiger partial charge is 0.344 e. The average molecular weight is 518 g/mol. The van der Waals surface area contributed by atoms with Gasteiger partial charge in [-0.05, 0) is 56.0 Å². The lowest BCUT2D eigenvalue weighted by atomic mass is 9.99. The molecule has 0 unspecified atom stereocenters. The fourth-order valence-corrected chi connectivity index (χ4v) is 5.07. The van der Waals surface area contributed by atoms with Gasteiger partial charge in [0.15, 0.2) is 5.65 Å². The Bertz CT molecular complexity index is 1900. The van der Waals surface area contributed by atoms with Crippen LogP contribution in [0.15, 0.2) is 90.2 Å². The highest BCUT2D eigenvalue weighted by atomic mass is 16.2. The van der Waals surface area contributed by atoms with Crippen molar-refractivity contribution in [3.8, 4) is 16.8 Å². The van der Waals surface area contributed by atoms with Crippen LogP contribution in [0.2, 0.25) is 0 Å². The fraction of sp³-hybridized carbons (Fsp3) is 0.167. The van der Waals surface area contributed by atoms with Gasteiger partial charge in [-0.3, -0.25) is 18.8 Å². The summed E-state index contributed by atoms with van der Waals surface area (Å²) < 4.78 is 5.11. The first kappa shape index (κ1) is 24.3. The molecule has 0 saturated heterocycles. The maximum absolute atomic E-state index is 14.3. The quantitative estimate of drug-likeness (QED) is 0.345. The first-order chi connectivity index (χ1) is 19.0. The van der Waals surface area contributed by atoms with Gasteiger partial charge in [-0.2, -0.15) is 10.2 Å². The Morgan fingerprint density at radius 1 is 1.08 bits per heavy atom. The first-order valence-electron chi connectivity index (χ1n) is 12.8. The van der Waals surface area contributed by atoms with E-state index in [0.29, 0.717) is 33.7 Å². The van der Waals surface area contributed by atoms with Crippen LogP contribution in [0.3, 0.4) is 0 Å². The summed E-state index contributed by atoms with van der Waals surface area (Å²) in [7, 11) is 0. The van der Waals surface area contributed by atoms with Crippen molar-refractivity contribution < 1.29 is 4.79 Å². The van der Waals surface area contributed by atoms with Gasteiger partial charge in [0.05, 0.1) is 23.3 Å². The van der Waals surface area contributed by atoms with E-state index in [1.54, 1.807) is 40.7 Å². The number of hydrogen-bond donors (Lipinski definition) is 1. The normalized spacial score (nSPS) is 12.2. The molecule has 0 spiro atoms. The molecule has 0 fully saturated rings. The number of hydrogen-bond acceptors (Lipinski definition) is 5. The number of amides is 1. The minimum atomic E-state index is -0.501. The molecule has 39 heavy (non-hydrogen) atoms. The SMILES string of the molecule is CCn1cc(-c2cccc3cc([C@H](C)NC(=O)c4c(C)nn5cccnc45)n(-c4ccccc4)c(=O)c23)cn1. The monoisotopic (exact) mass is 517 g/mol. The van der Waals surface area contributed by atoms with E-state index in [-0.39, 0.29) is 11.5 Å². The highest BCUT2D eigenvalue weighted by molar-refractivity contribution is 6.01. The number of para-hydroxylation sites is 1. The third-order valence-electron chi connectivity index (χ3n) is 6.95. The lowest BCUT2D eigenvalue weighted by Crippen LogP contribution is -2.32. The number of carbonyl (C=O) groups is 1. The summed E-state index contributed by atoms with van der Waals surface area (Å²) in [5, 5.41) is 13.3. The van der Waals surface area contributed by atoms with Crippen LogP contribution in [-0.4, -0.2) is 34.9 Å². The molecule has 0 saturated carbocycles. The minimum absolute atomic E-state index is 0.163. The van der Waals surface area contributed by atoms with Crippen molar-refractivity contribution >= 4 is 22.3 Å². The summed E-state index contributed by atoms with van der Waals surface area (Å²) in [6.45, 7) is 6.42. The Morgan fingerprint density at radius 2 is 1.90 bits per heavy atom. The van der Waals surface area contributed by atoms with Gasteiger partial charge < -0.3 is 5.32 Å². The highest BCUT2D eigenvalue weighted by Gasteiger charge is 2.23. The molecule has 0 aliphatic heterocycles. The second kappa shape index (κ2) is 9.68. The Morgan fingerprint density at radius 3 is 2.67 bits per heavy atom. The molecule has 1 amide bonds. The second-order valence-electron chi connectivity index (χ2n) is 9.44. The van der Waals surface area contributed by atoms with E-state index in [4.69, 9.17) is 0 Å².